The molecule has 178 valence electrons. The molecule has 6 heteroatoms. The fourth-order valence-corrected chi connectivity index (χ4v) is 9.58. The van der Waals surface area contributed by atoms with Gasteiger partial charge in [0.2, 0.25) is 0 Å². The number of benzene rings is 2. The summed E-state index contributed by atoms with van der Waals surface area (Å²) in [6.07, 6.45) is 4.64. The Morgan fingerprint density at radius 2 is 1.45 bits per heavy atom. The minimum absolute atomic E-state index is 0.246. The fourth-order valence-electron chi connectivity index (χ4n) is 5.63. The third-order valence-corrected chi connectivity index (χ3v) is 13.2. The number of nitrogens with zero attached hydrogens (tertiary/aromatic N) is 1. The molecule has 0 amide bonds. The van der Waals surface area contributed by atoms with Gasteiger partial charge in [-0.1, -0.05) is 61.5 Å². The van der Waals surface area contributed by atoms with Gasteiger partial charge in [0.25, 0.3) is 0 Å². The molecule has 2 aromatic rings. The fraction of sp³-hybridized carbons (Fsp3) is 0.556. The standard InChI is InChI=1S/C27H40BNO3Si/c1-25(2)26(3,4)32-28(31-25)27(33(6,7)24-14-10-8-11-15-24)20-12-9-13-21-29(27)22-16-18-23(30-5)19-17-22/h8,10-11,14-19H,9,12-13,20-21H2,1-7H3. The molecule has 2 heterocycles. The lowest BCUT2D eigenvalue weighted by molar-refractivity contribution is 0.00578. The lowest BCUT2D eigenvalue weighted by Gasteiger charge is -2.54. The Kier molecular flexibility index (Phi) is 6.49. The summed E-state index contributed by atoms with van der Waals surface area (Å²) in [4.78, 5) is 2.65. The first kappa shape index (κ1) is 24.4. The Bertz CT molecular complexity index is 932. The van der Waals surface area contributed by atoms with Crippen LogP contribution < -0.4 is 14.8 Å². The Morgan fingerprint density at radius 3 is 2.03 bits per heavy atom. The number of hydrogen-bond donors (Lipinski definition) is 0. The highest BCUT2D eigenvalue weighted by Crippen LogP contribution is 2.48. The predicted molar refractivity (Wildman–Crippen MR) is 141 cm³/mol. The minimum Gasteiger partial charge on any atom is -0.497 e. The molecule has 0 aliphatic carbocycles. The molecule has 2 aromatic carbocycles. The molecule has 33 heavy (non-hydrogen) atoms. The summed E-state index contributed by atoms with van der Waals surface area (Å²) in [5.74, 6) is 0.884. The van der Waals surface area contributed by atoms with Crippen molar-refractivity contribution in [3.63, 3.8) is 0 Å². The van der Waals surface area contributed by atoms with E-state index in [0.717, 1.165) is 18.7 Å². The molecular weight excluding hydrogens is 425 g/mol. The van der Waals surface area contributed by atoms with Crippen LogP contribution in [-0.2, 0) is 9.31 Å². The summed E-state index contributed by atoms with van der Waals surface area (Å²) in [5, 5.41) is 1.20. The van der Waals surface area contributed by atoms with Crippen LogP contribution in [0.5, 0.6) is 5.75 Å². The number of rotatable bonds is 5. The molecule has 0 spiro atoms. The zero-order valence-electron chi connectivity index (χ0n) is 21.5. The summed E-state index contributed by atoms with van der Waals surface area (Å²) in [5.41, 5.74) is 0.483. The van der Waals surface area contributed by atoms with Gasteiger partial charge in [0.15, 0.2) is 0 Å². The Labute approximate surface area is 201 Å². The van der Waals surface area contributed by atoms with E-state index in [9.17, 15) is 0 Å². The number of hydrogen-bond acceptors (Lipinski definition) is 4. The zero-order valence-corrected chi connectivity index (χ0v) is 22.5. The van der Waals surface area contributed by atoms with Gasteiger partial charge in [-0.15, -0.1) is 0 Å². The number of methoxy groups -OCH3 is 1. The number of anilines is 1. The monoisotopic (exact) mass is 465 g/mol. The van der Waals surface area contributed by atoms with Crippen molar-refractivity contribution in [2.45, 2.75) is 82.7 Å². The first-order valence-corrected chi connectivity index (χ1v) is 15.4. The first-order chi connectivity index (χ1) is 15.5. The van der Waals surface area contributed by atoms with Crippen LogP contribution in [0.15, 0.2) is 54.6 Å². The highest BCUT2D eigenvalue weighted by atomic mass is 28.3. The Balaban J connectivity index is 1.93. The van der Waals surface area contributed by atoms with Crippen LogP contribution in [0.1, 0.15) is 53.4 Å². The van der Waals surface area contributed by atoms with Crippen molar-refractivity contribution < 1.29 is 14.0 Å². The van der Waals surface area contributed by atoms with Crippen LogP contribution in [0.4, 0.5) is 5.69 Å². The van der Waals surface area contributed by atoms with E-state index in [-0.39, 0.29) is 23.4 Å². The summed E-state index contributed by atoms with van der Waals surface area (Å²) >= 11 is 0. The van der Waals surface area contributed by atoms with Gasteiger partial charge in [0.05, 0.1) is 23.4 Å². The Morgan fingerprint density at radius 1 is 0.848 bits per heavy atom. The van der Waals surface area contributed by atoms with Crippen molar-refractivity contribution in [2.24, 2.45) is 0 Å². The smallest absolute Gasteiger partial charge is 0.482 e. The topological polar surface area (TPSA) is 30.9 Å². The second kappa shape index (κ2) is 8.79. The van der Waals surface area contributed by atoms with E-state index in [1.165, 1.54) is 30.1 Å². The predicted octanol–water partition coefficient (Wildman–Crippen LogP) is 5.60. The summed E-state index contributed by atoms with van der Waals surface area (Å²) in [6.45, 7) is 14.7. The molecular formula is C27H40BNO3Si. The molecule has 1 unspecified atom stereocenters. The van der Waals surface area contributed by atoms with E-state index in [1.807, 2.05) is 0 Å². The van der Waals surface area contributed by atoms with Gasteiger partial charge in [-0.25, -0.2) is 0 Å². The van der Waals surface area contributed by atoms with Crippen LogP contribution in [0.25, 0.3) is 0 Å². The van der Waals surface area contributed by atoms with Gasteiger partial charge in [0, 0.05) is 12.2 Å². The van der Waals surface area contributed by atoms with Gasteiger partial charge in [0.1, 0.15) is 13.8 Å². The van der Waals surface area contributed by atoms with E-state index in [2.05, 4.69) is 100 Å². The van der Waals surface area contributed by atoms with Crippen molar-refractivity contribution in [3.8, 4) is 5.75 Å². The van der Waals surface area contributed by atoms with Gasteiger partial charge in [-0.3, -0.25) is 0 Å². The van der Waals surface area contributed by atoms with E-state index >= 15 is 0 Å². The molecule has 4 nitrogen and oxygen atoms in total. The molecule has 4 rings (SSSR count). The van der Waals surface area contributed by atoms with Gasteiger partial charge < -0.3 is 18.9 Å². The van der Waals surface area contributed by atoms with E-state index in [0.29, 0.717) is 0 Å². The van der Waals surface area contributed by atoms with Crippen molar-refractivity contribution in [2.75, 3.05) is 18.6 Å². The molecule has 0 N–H and O–H groups in total. The van der Waals surface area contributed by atoms with Crippen molar-refractivity contribution in [1.29, 1.82) is 0 Å². The second-order valence-electron chi connectivity index (χ2n) is 11.2. The molecule has 0 radical (unpaired) electrons. The van der Waals surface area contributed by atoms with E-state index in [4.69, 9.17) is 14.0 Å². The van der Waals surface area contributed by atoms with Crippen LogP contribution in [0.3, 0.4) is 0 Å². The third kappa shape index (κ3) is 4.04. The molecule has 0 saturated carbocycles. The minimum atomic E-state index is -2.17. The lowest BCUT2D eigenvalue weighted by atomic mass is 9.73. The first-order valence-electron chi connectivity index (χ1n) is 12.4. The molecule has 0 aromatic heterocycles. The Hall–Kier alpha value is -1.76. The van der Waals surface area contributed by atoms with Crippen LogP contribution in [0.2, 0.25) is 13.1 Å². The second-order valence-corrected chi connectivity index (χ2v) is 15.9. The van der Waals surface area contributed by atoms with Crippen LogP contribution >= 0.6 is 0 Å². The van der Waals surface area contributed by atoms with E-state index in [1.54, 1.807) is 7.11 Å². The molecule has 2 aliphatic rings. The van der Waals surface area contributed by atoms with Gasteiger partial charge in [-0.05, 0) is 64.8 Å². The number of ether oxygens (including phenoxy) is 1. The van der Waals surface area contributed by atoms with Crippen molar-refractivity contribution >= 4 is 26.1 Å². The molecule has 2 saturated heterocycles. The molecule has 0 bridgehead atoms. The maximum Gasteiger partial charge on any atom is 0.482 e. The SMILES string of the molecule is COc1ccc(N2CCCCCC2(B2OC(C)(C)C(C)(C)O2)[Si](C)(C)c2ccccc2)cc1. The maximum absolute atomic E-state index is 6.91. The zero-order chi connectivity index (χ0) is 23.9. The highest BCUT2D eigenvalue weighted by Gasteiger charge is 2.67. The summed E-state index contributed by atoms with van der Waals surface area (Å²) < 4.78 is 19.3. The van der Waals surface area contributed by atoms with Crippen molar-refractivity contribution in [1.82, 2.24) is 0 Å². The van der Waals surface area contributed by atoms with Gasteiger partial charge in [-0.2, -0.15) is 0 Å². The van der Waals surface area contributed by atoms with Crippen LogP contribution in [0, 0.1) is 0 Å². The average Bonchev–Trinajstić information content (AvgIpc) is 2.94. The van der Waals surface area contributed by atoms with Gasteiger partial charge >= 0.3 is 7.12 Å². The quantitative estimate of drug-likeness (QED) is 0.538. The maximum atomic E-state index is 6.91. The summed E-state index contributed by atoms with van der Waals surface area (Å²) in [7, 11) is -0.752. The lowest BCUT2D eigenvalue weighted by Crippen LogP contribution is -2.77. The largest absolute Gasteiger partial charge is 0.497 e. The summed E-state index contributed by atoms with van der Waals surface area (Å²) in [6, 6.07) is 19.7. The highest BCUT2D eigenvalue weighted by molar-refractivity contribution is 7.00. The third-order valence-electron chi connectivity index (χ3n) is 8.53. The average molecular weight is 466 g/mol. The molecule has 2 aliphatic heterocycles. The molecule has 2 fully saturated rings. The molecule has 1 atom stereocenters. The van der Waals surface area contributed by atoms with Crippen LogP contribution in [-0.4, -0.2) is 45.1 Å². The normalized spacial score (nSPS) is 25.1. The van der Waals surface area contributed by atoms with Crippen molar-refractivity contribution in [3.05, 3.63) is 54.6 Å². The van der Waals surface area contributed by atoms with E-state index < -0.39 is 8.07 Å².